The smallest absolute Gasteiger partial charge is 0.303 e. The third-order valence-corrected chi connectivity index (χ3v) is 6.18. The number of esters is 1. The Kier molecular flexibility index (Phi) is 10.1. The number of thioether (sulfide) groups is 1. The van der Waals surface area contributed by atoms with Gasteiger partial charge in [-0.15, -0.1) is 11.8 Å². The van der Waals surface area contributed by atoms with E-state index in [1.165, 1.54) is 6.92 Å². The SMILES string of the molecule is CCS[C@@H]1OC(COCc2ccccc2)[C@@H](OC(C)=O)C(OCc2ccccc2)C1N=NN. The van der Waals surface area contributed by atoms with E-state index < -0.39 is 30.3 Å². The molecule has 0 amide bonds. The number of nitrogens with two attached hydrogens (primary N) is 1. The summed E-state index contributed by atoms with van der Waals surface area (Å²) in [5, 5.41) is 7.71. The van der Waals surface area contributed by atoms with Gasteiger partial charge in [0.2, 0.25) is 0 Å². The zero-order chi connectivity index (χ0) is 23.5. The first-order chi connectivity index (χ1) is 16.1. The first kappa shape index (κ1) is 25.2. The molecule has 0 radical (unpaired) electrons. The summed E-state index contributed by atoms with van der Waals surface area (Å²) < 4.78 is 24.2. The molecule has 33 heavy (non-hydrogen) atoms. The van der Waals surface area contributed by atoms with Gasteiger partial charge in [0.25, 0.3) is 0 Å². The Labute approximate surface area is 198 Å². The third-order valence-electron chi connectivity index (χ3n) is 5.13. The fraction of sp³-hybridized carbons (Fsp3) is 0.458. The van der Waals surface area contributed by atoms with Gasteiger partial charge in [0.05, 0.1) is 19.8 Å². The summed E-state index contributed by atoms with van der Waals surface area (Å²) in [6.07, 6.45) is -1.87. The van der Waals surface area contributed by atoms with Crippen molar-refractivity contribution in [1.82, 2.24) is 0 Å². The van der Waals surface area contributed by atoms with Gasteiger partial charge in [0, 0.05) is 6.92 Å². The first-order valence-corrected chi connectivity index (χ1v) is 12.0. The molecule has 2 aromatic carbocycles. The summed E-state index contributed by atoms with van der Waals surface area (Å²) >= 11 is 1.57. The molecule has 9 heteroatoms. The Balaban J connectivity index is 1.80. The van der Waals surface area contributed by atoms with Crippen LogP contribution in [-0.4, -0.2) is 48.1 Å². The van der Waals surface area contributed by atoms with E-state index in [2.05, 4.69) is 10.3 Å². The van der Waals surface area contributed by atoms with E-state index in [4.69, 9.17) is 24.8 Å². The molecule has 1 saturated heterocycles. The van der Waals surface area contributed by atoms with Crippen LogP contribution in [0.4, 0.5) is 0 Å². The van der Waals surface area contributed by atoms with Crippen molar-refractivity contribution in [3.05, 3.63) is 71.8 Å². The lowest BCUT2D eigenvalue weighted by Gasteiger charge is -2.43. The van der Waals surface area contributed by atoms with Crippen molar-refractivity contribution in [2.45, 2.75) is 56.9 Å². The maximum atomic E-state index is 12.0. The van der Waals surface area contributed by atoms with E-state index in [9.17, 15) is 4.79 Å². The Morgan fingerprint density at radius 2 is 1.67 bits per heavy atom. The summed E-state index contributed by atoms with van der Waals surface area (Å²) in [4.78, 5) is 12.0. The van der Waals surface area contributed by atoms with Crippen molar-refractivity contribution < 1.29 is 23.7 Å². The van der Waals surface area contributed by atoms with E-state index >= 15 is 0 Å². The van der Waals surface area contributed by atoms with E-state index in [0.29, 0.717) is 13.2 Å². The lowest BCUT2D eigenvalue weighted by molar-refractivity contribution is -0.210. The zero-order valence-electron chi connectivity index (χ0n) is 18.9. The van der Waals surface area contributed by atoms with Crippen LogP contribution in [0, 0.1) is 0 Å². The monoisotopic (exact) mass is 473 g/mol. The van der Waals surface area contributed by atoms with Crippen LogP contribution in [0.5, 0.6) is 0 Å². The number of hydrogen-bond acceptors (Lipinski definition) is 8. The van der Waals surface area contributed by atoms with E-state index in [1.54, 1.807) is 11.8 Å². The molecule has 2 aromatic rings. The van der Waals surface area contributed by atoms with Crippen molar-refractivity contribution >= 4 is 17.7 Å². The minimum absolute atomic E-state index is 0.227. The highest BCUT2D eigenvalue weighted by atomic mass is 32.2. The van der Waals surface area contributed by atoms with Crippen LogP contribution in [0.25, 0.3) is 0 Å². The molecule has 2 N–H and O–H groups in total. The second kappa shape index (κ2) is 13.3. The number of nitrogens with zero attached hydrogens (tertiary/aromatic N) is 2. The Hall–Kier alpha value is -2.46. The van der Waals surface area contributed by atoms with Crippen molar-refractivity contribution in [3.8, 4) is 0 Å². The average molecular weight is 474 g/mol. The Bertz CT molecular complexity index is 871. The molecule has 0 saturated carbocycles. The van der Waals surface area contributed by atoms with Gasteiger partial charge in [-0.05, 0) is 16.9 Å². The number of ether oxygens (including phenoxy) is 4. The van der Waals surface area contributed by atoms with Gasteiger partial charge in [-0.3, -0.25) is 4.79 Å². The van der Waals surface area contributed by atoms with Gasteiger partial charge in [-0.2, -0.15) is 5.11 Å². The molecule has 178 valence electrons. The molecular formula is C24H31N3O5S. The lowest BCUT2D eigenvalue weighted by atomic mass is 9.98. The first-order valence-electron chi connectivity index (χ1n) is 10.9. The van der Waals surface area contributed by atoms with E-state index in [-0.39, 0.29) is 12.0 Å². The van der Waals surface area contributed by atoms with Crippen LogP contribution in [0.2, 0.25) is 0 Å². The Morgan fingerprint density at radius 1 is 1.03 bits per heavy atom. The van der Waals surface area contributed by atoms with Gasteiger partial charge in [-0.25, -0.2) is 0 Å². The summed E-state index contributed by atoms with van der Waals surface area (Å²) in [7, 11) is 0. The molecule has 0 aliphatic carbocycles. The highest BCUT2D eigenvalue weighted by Gasteiger charge is 2.49. The van der Waals surface area contributed by atoms with Crippen molar-refractivity contribution in [2.75, 3.05) is 12.4 Å². The van der Waals surface area contributed by atoms with Gasteiger partial charge >= 0.3 is 5.97 Å². The highest BCUT2D eigenvalue weighted by molar-refractivity contribution is 7.99. The lowest BCUT2D eigenvalue weighted by Crippen LogP contribution is -2.59. The molecule has 5 atom stereocenters. The predicted molar refractivity (Wildman–Crippen MR) is 126 cm³/mol. The number of carbonyl (C=O) groups excluding carboxylic acids is 1. The van der Waals surface area contributed by atoms with Crippen molar-refractivity contribution in [3.63, 3.8) is 0 Å². The topological polar surface area (TPSA) is 105 Å². The Morgan fingerprint density at radius 3 is 2.24 bits per heavy atom. The largest absolute Gasteiger partial charge is 0.457 e. The minimum atomic E-state index is -0.730. The normalized spacial score (nSPS) is 25.2. The molecule has 1 aliphatic heterocycles. The fourth-order valence-corrected chi connectivity index (χ4v) is 4.64. The maximum Gasteiger partial charge on any atom is 0.303 e. The number of benzene rings is 2. The summed E-state index contributed by atoms with van der Waals surface area (Å²) in [6, 6.07) is 19.1. The molecule has 1 fully saturated rings. The molecule has 3 rings (SSSR count). The number of rotatable bonds is 11. The standard InChI is InChI=1S/C24H31N3O5S/c1-3-33-24-21(26-27-25)23(30-15-19-12-8-5-9-13-19)22(31-17(2)28)20(32-24)16-29-14-18-10-6-4-7-11-18/h4-13,20-24H,3,14-16H2,1-2H3,(H2,25,26)/t20?,21?,22-,23?,24+/m1/s1. The van der Waals surface area contributed by atoms with Gasteiger partial charge in [0.15, 0.2) is 6.10 Å². The molecule has 1 heterocycles. The third kappa shape index (κ3) is 7.53. The highest BCUT2D eigenvalue weighted by Crippen LogP contribution is 2.34. The predicted octanol–water partition coefficient (Wildman–Crippen LogP) is 3.89. The zero-order valence-corrected chi connectivity index (χ0v) is 19.7. The van der Waals surface area contributed by atoms with Gasteiger partial charge in [-0.1, -0.05) is 72.8 Å². The number of hydrogen-bond donors (Lipinski definition) is 1. The quantitative estimate of drug-likeness (QED) is 0.228. The van der Waals surface area contributed by atoms with Crippen LogP contribution in [-0.2, 0) is 37.0 Å². The van der Waals surface area contributed by atoms with Crippen molar-refractivity contribution in [2.24, 2.45) is 16.2 Å². The second-order valence-electron chi connectivity index (χ2n) is 7.56. The van der Waals surface area contributed by atoms with Gasteiger partial charge in [0.1, 0.15) is 23.7 Å². The molecule has 0 bridgehead atoms. The van der Waals surface area contributed by atoms with Crippen LogP contribution >= 0.6 is 11.8 Å². The summed E-state index contributed by atoms with van der Waals surface area (Å²) in [5.41, 5.74) is 1.66. The van der Waals surface area contributed by atoms with Crippen LogP contribution < -0.4 is 5.84 Å². The molecule has 1 aliphatic rings. The van der Waals surface area contributed by atoms with Crippen LogP contribution in [0.15, 0.2) is 71.0 Å². The number of carbonyl (C=O) groups is 1. The maximum absolute atomic E-state index is 12.0. The van der Waals surface area contributed by atoms with E-state index in [0.717, 1.165) is 16.9 Å². The molecule has 8 nitrogen and oxygen atoms in total. The van der Waals surface area contributed by atoms with Gasteiger partial charge < -0.3 is 24.8 Å². The molecular weight excluding hydrogens is 442 g/mol. The van der Waals surface area contributed by atoms with E-state index in [1.807, 2.05) is 67.6 Å². The second-order valence-corrected chi connectivity index (χ2v) is 8.93. The molecule has 0 spiro atoms. The minimum Gasteiger partial charge on any atom is -0.457 e. The van der Waals surface area contributed by atoms with Crippen LogP contribution in [0.3, 0.4) is 0 Å². The molecule has 0 aromatic heterocycles. The fourth-order valence-electron chi connectivity index (χ4n) is 3.69. The summed E-state index contributed by atoms with van der Waals surface area (Å²) in [6.45, 7) is 4.36. The molecule has 3 unspecified atom stereocenters. The van der Waals surface area contributed by atoms with Crippen molar-refractivity contribution in [1.29, 1.82) is 0 Å². The average Bonchev–Trinajstić information content (AvgIpc) is 2.82. The van der Waals surface area contributed by atoms with Crippen LogP contribution in [0.1, 0.15) is 25.0 Å². The summed E-state index contributed by atoms with van der Waals surface area (Å²) in [5.74, 6) is 5.78.